The Hall–Kier alpha value is -1.14. The Balaban J connectivity index is 2.11. The molecular formula is C13H24N2O4. The van der Waals surface area contributed by atoms with Gasteiger partial charge < -0.3 is 15.2 Å². The van der Waals surface area contributed by atoms with Crippen LogP contribution in [0.25, 0.3) is 0 Å². The molecular weight excluding hydrogens is 248 g/mol. The number of rotatable bonds is 8. The van der Waals surface area contributed by atoms with E-state index < -0.39 is 5.97 Å². The molecule has 110 valence electrons. The van der Waals surface area contributed by atoms with E-state index in [9.17, 15) is 9.59 Å². The van der Waals surface area contributed by atoms with E-state index in [1.165, 1.54) is 0 Å². The summed E-state index contributed by atoms with van der Waals surface area (Å²) in [4.78, 5) is 24.3. The van der Waals surface area contributed by atoms with Gasteiger partial charge in [-0.05, 0) is 38.3 Å². The number of carbonyl (C=O) groups is 2. The average molecular weight is 272 g/mol. The molecule has 0 aliphatic carbocycles. The third kappa shape index (κ3) is 7.12. The summed E-state index contributed by atoms with van der Waals surface area (Å²) in [6.07, 6.45) is 2.80. The van der Waals surface area contributed by atoms with Crippen LogP contribution in [0.1, 0.15) is 25.7 Å². The fourth-order valence-corrected chi connectivity index (χ4v) is 2.30. The van der Waals surface area contributed by atoms with Crippen molar-refractivity contribution < 1.29 is 19.4 Å². The summed E-state index contributed by atoms with van der Waals surface area (Å²) in [6, 6.07) is 0. The SMILES string of the molecule is COCCCNC(=O)CN1CCC(CC(=O)O)CC1. The highest BCUT2D eigenvalue weighted by Crippen LogP contribution is 2.19. The summed E-state index contributed by atoms with van der Waals surface area (Å²) >= 11 is 0. The summed E-state index contributed by atoms with van der Waals surface area (Å²) < 4.78 is 4.91. The Morgan fingerprint density at radius 1 is 1.37 bits per heavy atom. The molecule has 2 N–H and O–H groups in total. The summed E-state index contributed by atoms with van der Waals surface area (Å²) in [7, 11) is 1.64. The number of carbonyl (C=O) groups excluding carboxylic acids is 1. The van der Waals surface area contributed by atoms with Gasteiger partial charge in [0.1, 0.15) is 0 Å². The minimum atomic E-state index is -0.727. The van der Waals surface area contributed by atoms with Crippen molar-refractivity contribution in [3.05, 3.63) is 0 Å². The molecule has 0 saturated carbocycles. The fraction of sp³-hybridized carbons (Fsp3) is 0.846. The van der Waals surface area contributed by atoms with Gasteiger partial charge in [-0.25, -0.2) is 0 Å². The lowest BCUT2D eigenvalue weighted by molar-refractivity contribution is -0.138. The number of aliphatic carboxylic acids is 1. The van der Waals surface area contributed by atoms with Crippen LogP contribution < -0.4 is 5.32 Å². The van der Waals surface area contributed by atoms with Gasteiger partial charge in [-0.15, -0.1) is 0 Å². The van der Waals surface area contributed by atoms with E-state index in [1.807, 2.05) is 0 Å². The molecule has 19 heavy (non-hydrogen) atoms. The zero-order valence-corrected chi connectivity index (χ0v) is 11.6. The molecule has 0 aromatic rings. The highest BCUT2D eigenvalue weighted by atomic mass is 16.5. The van der Waals surface area contributed by atoms with Gasteiger partial charge >= 0.3 is 5.97 Å². The average Bonchev–Trinajstić information content (AvgIpc) is 2.36. The number of hydrogen-bond acceptors (Lipinski definition) is 4. The van der Waals surface area contributed by atoms with Crippen molar-refractivity contribution in [2.24, 2.45) is 5.92 Å². The van der Waals surface area contributed by atoms with Crippen LogP contribution in [-0.4, -0.2) is 61.8 Å². The maximum absolute atomic E-state index is 11.6. The van der Waals surface area contributed by atoms with E-state index in [2.05, 4.69) is 10.2 Å². The molecule has 6 nitrogen and oxygen atoms in total. The van der Waals surface area contributed by atoms with Crippen molar-refractivity contribution in [1.29, 1.82) is 0 Å². The first kappa shape index (κ1) is 15.9. The summed E-state index contributed by atoms with van der Waals surface area (Å²) in [5.41, 5.74) is 0. The van der Waals surface area contributed by atoms with Crippen molar-refractivity contribution in [3.8, 4) is 0 Å². The van der Waals surface area contributed by atoms with E-state index in [4.69, 9.17) is 9.84 Å². The molecule has 1 fully saturated rings. The van der Waals surface area contributed by atoms with Crippen molar-refractivity contribution in [1.82, 2.24) is 10.2 Å². The lowest BCUT2D eigenvalue weighted by Crippen LogP contribution is -2.42. The molecule has 1 rings (SSSR count). The number of likely N-dealkylation sites (tertiary alicyclic amines) is 1. The number of nitrogens with zero attached hydrogens (tertiary/aromatic N) is 1. The number of carboxylic acid groups (broad SMARTS) is 1. The topological polar surface area (TPSA) is 78.9 Å². The Morgan fingerprint density at radius 2 is 2.05 bits per heavy atom. The maximum Gasteiger partial charge on any atom is 0.303 e. The molecule has 1 heterocycles. The van der Waals surface area contributed by atoms with Crippen LogP contribution in [0.4, 0.5) is 0 Å². The van der Waals surface area contributed by atoms with Crippen LogP contribution in [0.15, 0.2) is 0 Å². The second-order valence-electron chi connectivity index (χ2n) is 5.01. The van der Waals surface area contributed by atoms with Crippen LogP contribution >= 0.6 is 0 Å². The number of ether oxygens (including phenoxy) is 1. The van der Waals surface area contributed by atoms with Crippen LogP contribution in [0.2, 0.25) is 0 Å². The Labute approximate surface area is 114 Å². The van der Waals surface area contributed by atoms with Gasteiger partial charge in [0.2, 0.25) is 5.91 Å². The third-order valence-corrected chi connectivity index (χ3v) is 3.39. The number of hydrogen-bond donors (Lipinski definition) is 2. The Bertz CT molecular complexity index is 288. The van der Waals surface area contributed by atoms with Crippen molar-refractivity contribution in [3.63, 3.8) is 0 Å². The van der Waals surface area contributed by atoms with E-state index in [-0.39, 0.29) is 18.2 Å². The van der Waals surface area contributed by atoms with E-state index in [1.54, 1.807) is 7.11 Å². The number of amides is 1. The highest BCUT2D eigenvalue weighted by molar-refractivity contribution is 5.78. The third-order valence-electron chi connectivity index (χ3n) is 3.39. The normalized spacial score (nSPS) is 17.3. The van der Waals surface area contributed by atoms with Crippen molar-refractivity contribution in [2.45, 2.75) is 25.7 Å². The molecule has 0 aromatic heterocycles. The summed E-state index contributed by atoms with van der Waals surface area (Å²) in [5.74, 6) is -0.430. The molecule has 0 atom stereocenters. The van der Waals surface area contributed by atoms with Gasteiger partial charge in [0.25, 0.3) is 0 Å². The van der Waals surface area contributed by atoms with Gasteiger partial charge in [-0.2, -0.15) is 0 Å². The van der Waals surface area contributed by atoms with Gasteiger partial charge in [0.15, 0.2) is 0 Å². The number of nitrogens with one attached hydrogen (secondary N) is 1. The number of methoxy groups -OCH3 is 1. The first-order chi connectivity index (χ1) is 9.11. The first-order valence-electron chi connectivity index (χ1n) is 6.81. The molecule has 0 spiro atoms. The van der Waals surface area contributed by atoms with Crippen LogP contribution in [-0.2, 0) is 14.3 Å². The largest absolute Gasteiger partial charge is 0.481 e. The van der Waals surface area contributed by atoms with Gasteiger partial charge in [0, 0.05) is 26.7 Å². The van der Waals surface area contributed by atoms with E-state index >= 15 is 0 Å². The van der Waals surface area contributed by atoms with Gasteiger partial charge in [0.05, 0.1) is 6.54 Å². The zero-order chi connectivity index (χ0) is 14.1. The maximum atomic E-state index is 11.6. The molecule has 1 saturated heterocycles. The smallest absolute Gasteiger partial charge is 0.303 e. The van der Waals surface area contributed by atoms with Crippen molar-refractivity contribution in [2.75, 3.05) is 39.9 Å². The van der Waals surface area contributed by atoms with Crippen molar-refractivity contribution >= 4 is 11.9 Å². The molecule has 1 aliphatic rings. The highest BCUT2D eigenvalue weighted by Gasteiger charge is 2.22. The van der Waals surface area contributed by atoms with E-state index in [0.717, 1.165) is 32.4 Å². The van der Waals surface area contributed by atoms with Crippen LogP contribution in [0.3, 0.4) is 0 Å². The molecule has 0 radical (unpaired) electrons. The second kappa shape index (κ2) is 8.87. The van der Waals surface area contributed by atoms with Crippen LogP contribution in [0, 0.1) is 5.92 Å². The second-order valence-corrected chi connectivity index (χ2v) is 5.01. The van der Waals surface area contributed by atoms with Gasteiger partial charge in [-0.3, -0.25) is 14.5 Å². The minimum Gasteiger partial charge on any atom is -0.481 e. The van der Waals surface area contributed by atoms with Gasteiger partial charge in [-0.1, -0.05) is 0 Å². The van der Waals surface area contributed by atoms with E-state index in [0.29, 0.717) is 19.7 Å². The Morgan fingerprint density at radius 3 is 2.63 bits per heavy atom. The molecule has 1 aliphatic heterocycles. The molecule has 1 amide bonds. The molecule has 0 bridgehead atoms. The lowest BCUT2D eigenvalue weighted by atomic mass is 9.94. The molecule has 6 heteroatoms. The Kier molecular flexibility index (Phi) is 7.43. The predicted octanol–water partition coefficient (Wildman–Crippen LogP) is 0.326. The standard InChI is InChI=1S/C13H24N2O4/c1-19-8-2-5-14-12(16)10-15-6-3-11(4-7-15)9-13(17)18/h11H,2-10H2,1H3,(H,14,16)(H,17,18). The lowest BCUT2D eigenvalue weighted by Gasteiger charge is -2.30. The summed E-state index contributed by atoms with van der Waals surface area (Å²) in [6.45, 7) is 3.32. The first-order valence-corrected chi connectivity index (χ1v) is 6.81. The molecule has 0 aromatic carbocycles. The predicted molar refractivity (Wildman–Crippen MR) is 70.9 cm³/mol. The number of carboxylic acids is 1. The zero-order valence-electron chi connectivity index (χ0n) is 11.6. The van der Waals surface area contributed by atoms with Crippen LogP contribution in [0.5, 0.6) is 0 Å². The fourth-order valence-electron chi connectivity index (χ4n) is 2.30. The molecule has 0 unspecified atom stereocenters. The minimum absolute atomic E-state index is 0.0350. The quantitative estimate of drug-likeness (QED) is 0.622. The monoisotopic (exact) mass is 272 g/mol. The number of piperidine rings is 1. The summed E-state index contributed by atoms with van der Waals surface area (Å²) in [5, 5.41) is 11.6.